The summed E-state index contributed by atoms with van der Waals surface area (Å²) < 4.78 is 157. The van der Waals surface area contributed by atoms with Gasteiger partial charge in [0.1, 0.15) is 13.2 Å². The molecule has 4 aliphatic rings. The van der Waals surface area contributed by atoms with Crippen LogP contribution in [0.4, 0.5) is 20.1 Å². The van der Waals surface area contributed by atoms with Gasteiger partial charge in [0.2, 0.25) is 0 Å². The zero-order chi connectivity index (χ0) is 96.1. The van der Waals surface area contributed by atoms with Crippen molar-refractivity contribution in [2.45, 2.75) is 108 Å². The third-order valence-corrected chi connectivity index (χ3v) is 29.3. The summed E-state index contributed by atoms with van der Waals surface area (Å²) in [6, 6.07) is 99.4. The van der Waals surface area contributed by atoms with Gasteiger partial charge in [0, 0.05) is 56.8 Å². The molecule has 0 fully saturated rings. The van der Waals surface area contributed by atoms with Gasteiger partial charge in [-0.3, -0.25) is 0 Å². The molecule has 13 aromatic rings. The Kier molecular flexibility index (Phi) is 27.9. The maximum atomic E-state index is 13.2. The third-order valence-electron chi connectivity index (χ3n) is 22.9. The normalized spacial score (nSPS) is 14.1. The van der Waals surface area contributed by atoms with E-state index in [0.717, 1.165) is 128 Å². The number of anilines is 1. The van der Waals surface area contributed by atoms with Gasteiger partial charge in [-0.25, -0.2) is 52.8 Å². The van der Waals surface area contributed by atoms with E-state index in [1.54, 1.807) is 58.3 Å². The first kappa shape index (κ1) is 84.1. The summed E-state index contributed by atoms with van der Waals surface area (Å²) >= 11 is 0. The highest BCUT2D eigenvalue weighted by molar-refractivity contribution is 7.91. The van der Waals surface area contributed by atoms with E-state index < -0.39 is 45.6 Å². The minimum atomic E-state index is -3.98. The Morgan fingerprint density at radius 3 is 0.976 bits per heavy atom. The number of carbonyl (C=O) groups excluding carboxylic acids is 3. The number of hydrogen-bond donors (Lipinski definition) is 3. The fourth-order valence-corrected chi connectivity index (χ4v) is 20.8. The maximum Gasteiger partial charge on any atom is 0.410 e. The van der Waals surface area contributed by atoms with Crippen LogP contribution in [0.15, 0.2) is 341 Å². The average Bonchev–Trinajstić information content (AvgIpc) is 0.940. The van der Waals surface area contributed by atoms with Crippen molar-refractivity contribution in [2.24, 2.45) is 0 Å². The predicted octanol–water partition coefficient (Wildman–Crippen LogP) is 19.2. The number of rotatable bonds is 18. The molecule has 0 saturated heterocycles. The Balaban J connectivity index is 0.000000184. The topological polar surface area (TPSA) is 266 Å². The number of nitrogens with two attached hydrogens (primary N) is 1. The number of aryl methyl sites for hydroxylation is 1. The number of ether oxygens (including phenoxy) is 2. The molecule has 126 heavy (non-hydrogen) atoms. The minimum absolute atomic E-state index is 0.0325. The molecule has 4 amide bonds. The van der Waals surface area contributed by atoms with Crippen LogP contribution in [0, 0.1) is 6.92 Å². The van der Waals surface area contributed by atoms with Gasteiger partial charge in [0.25, 0.3) is 10.0 Å². The molecule has 654 valence electrons. The van der Waals surface area contributed by atoms with Crippen LogP contribution in [0.2, 0.25) is 0 Å². The van der Waals surface area contributed by atoms with E-state index in [4.69, 9.17) is 27.1 Å². The number of hydrogen-bond acceptors (Lipinski definition) is 15. The number of nitrogens with zero attached hydrogens (tertiary/aromatic N) is 3. The molecular formula is C103H110N6O13S4. The molecule has 13 aromatic carbocycles. The molecule has 0 atom stereocenters. The van der Waals surface area contributed by atoms with Gasteiger partial charge in [-0.15, -0.1) is 0 Å². The first-order valence-electron chi connectivity index (χ1n) is 46.3. The summed E-state index contributed by atoms with van der Waals surface area (Å²) in [6.07, 6.45) is 5.46. The number of sulfone groups is 3. The molecule has 4 aliphatic heterocycles. The van der Waals surface area contributed by atoms with E-state index in [1.807, 2.05) is 250 Å². The van der Waals surface area contributed by atoms with E-state index in [2.05, 4.69) is 28.2 Å². The molecule has 0 spiro atoms. The number of fused-ring (bicyclic) bond motifs is 4. The first-order chi connectivity index (χ1) is 64.9. The second-order valence-electron chi connectivity index (χ2n) is 31.8. The molecule has 23 heteroatoms. The predicted molar refractivity (Wildman–Crippen MR) is 504 cm³/mol. The van der Waals surface area contributed by atoms with Crippen LogP contribution in [-0.4, -0.2) is 119 Å². The molecule has 0 unspecified atom stereocenters. The van der Waals surface area contributed by atoms with Gasteiger partial charge < -0.3 is 35.2 Å². The number of urea groups is 1. The van der Waals surface area contributed by atoms with E-state index in [1.165, 1.54) is 39.3 Å². The summed E-state index contributed by atoms with van der Waals surface area (Å²) in [4.78, 5) is 43.7. The monoisotopic (exact) mass is 1770 g/mol. The molecule has 0 bridgehead atoms. The maximum absolute atomic E-state index is 13.2. The third kappa shape index (κ3) is 24.4. The average molecular weight is 1780 g/mol. The molecule has 4 heterocycles. The standard InChI is InChI=1S/C31H30N2O5S2.C31H29NO4S.C23H23NO2S.C18H20N2O2.4H2/c1-23-7-13-30(14-8-23)40(37,38)32-31(34)33-19-17-27-10-9-24(21-28(27)18-20-33)22-39(35,36)29-15-11-26(12-16-29)25-5-3-2-4-6-25;33-31(36-22-24-7-3-1-4-8-24)32-19-17-28-12-11-25(21-29(28)18-20-32)23-37(34,35)30-15-13-27(14-16-30)26-9-5-2-6-10-26;25-27(26,17-18-6-7-21-12-14-24-15-13-22(21)16-18)23-10-8-20(9-11-23)19-4-2-1-3-5-19;19-17-7-6-15-8-10-20(11-9-16(15)12-17)18(21)22-13-14-4-2-1-3-5-14;;;;/h2-16,21H,17-20,22H2,1H3,(H,32,34);1-16,21H,17-20,22-23H2;1-11,16,24H,12-15,17H2;1-7,12H,8-11,13,19H2;4*1H/i;;;;4*1+1D. The van der Waals surface area contributed by atoms with Gasteiger partial charge in [0.15, 0.2) is 29.5 Å². The van der Waals surface area contributed by atoms with Crippen molar-refractivity contribution in [1.29, 1.82) is 0 Å². The zero-order valence-corrected chi connectivity index (χ0v) is 73.6. The first-order valence-corrected chi connectivity index (χ1v) is 48.7. The van der Waals surface area contributed by atoms with Crippen molar-refractivity contribution in [3.63, 3.8) is 0 Å². The quantitative estimate of drug-likeness (QED) is 0.0674. The van der Waals surface area contributed by atoms with Crippen molar-refractivity contribution in [1.82, 2.24) is 24.7 Å². The fraction of sp³-hybridized carbons (Fsp3) is 0.214. The van der Waals surface area contributed by atoms with Gasteiger partial charge >= 0.3 is 18.2 Å². The second-order valence-corrected chi connectivity index (χ2v) is 39.5. The van der Waals surface area contributed by atoms with Crippen LogP contribution in [0.3, 0.4) is 0 Å². The molecule has 0 radical (unpaired) electrons. The van der Waals surface area contributed by atoms with Gasteiger partial charge in [-0.2, -0.15) is 0 Å². The lowest BCUT2D eigenvalue weighted by atomic mass is 10.0. The van der Waals surface area contributed by atoms with Crippen molar-refractivity contribution >= 4 is 63.4 Å². The molecular weight excluding hydrogens is 1660 g/mol. The fourth-order valence-electron chi connectivity index (χ4n) is 15.8. The summed E-state index contributed by atoms with van der Waals surface area (Å²) in [5, 5.41) is 3.39. The summed E-state index contributed by atoms with van der Waals surface area (Å²) in [5.41, 5.74) is 27.2. The summed E-state index contributed by atoms with van der Waals surface area (Å²) in [7, 11) is -14.4. The molecule has 0 aromatic heterocycles. The van der Waals surface area contributed by atoms with Gasteiger partial charge in [-0.05, 0) is 238 Å². The zero-order valence-electron chi connectivity index (χ0n) is 78.3. The lowest BCUT2D eigenvalue weighted by Crippen LogP contribution is -2.43. The Labute approximate surface area is 752 Å². The number of nitrogen functional groups attached to an aromatic ring is 1. The Morgan fingerprint density at radius 2 is 0.611 bits per heavy atom. The van der Waals surface area contributed by atoms with E-state index in [-0.39, 0.29) is 45.8 Å². The highest BCUT2D eigenvalue weighted by Crippen LogP contribution is 2.31. The molecule has 0 saturated carbocycles. The number of sulfonamides is 1. The SMILES string of the molecule is Cc1ccc(S(=O)(=O)NC(=O)N2CCc3ccc(CS(=O)(=O)c4ccc(-c5ccccc5)cc4)cc3CC2)cc1.Nc1ccc2c(c1)CCN(C(=O)OCc1ccccc1)CC2.O=C(OCc1ccccc1)N1CCc2ccc(CS(=O)(=O)c3ccc(-c4ccccc4)cc3)cc2CC1.O=S(=O)(Cc1ccc2c(c1)CCNCC2)c1ccc(-c2ccccc2)cc1.[2H][2H].[2H][2H].[2H][2H].[2H][2H]. The van der Waals surface area contributed by atoms with Crippen molar-refractivity contribution in [3.05, 3.63) is 399 Å². The number of carbonyl (C=O) groups is 3. The molecule has 0 aliphatic carbocycles. The van der Waals surface area contributed by atoms with E-state index in [9.17, 15) is 48.1 Å². The largest absolute Gasteiger partial charge is 0.445 e. The van der Waals surface area contributed by atoms with Crippen LogP contribution >= 0.6 is 0 Å². The Bertz CT molecular complexity index is 6450. The van der Waals surface area contributed by atoms with Gasteiger partial charge in [-0.1, -0.05) is 266 Å². The van der Waals surface area contributed by atoms with Crippen LogP contribution < -0.4 is 15.8 Å². The van der Waals surface area contributed by atoms with Crippen LogP contribution in [0.1, 0.15) is 89.8 Å². The number of benzene rings is 13. The van der Waals surface area contributed by atoms with Crippen molar-refractivity contribution in [3.8, 4) is 33.4 Å². The van der Waals surface area contributed by atoms with Crippen LogP contribution in [-0.2, 0) is 131 Å². The lowest BCUT2D eigenvalue weighted by molar-refractivity contribution is 0.0970. The van der Waals surface area contributed by atoms with Crippen LogP contribution in [0.5, 0.6) is 0 Å². The molecule has 17 rings (SSSR count). The number of amides is 4. The van der Waals surface area contributed by atoms with E-state index >= 15 is 0 Å². The molecule has 4 N–H and O–H groups in total. The highest BCUT2D eigenvalue weighted by Gasteiger charge is 2.28. The van der Waals surface area contributed by atoms with Crippen LogP contribution in [0.25, 0.3) is 33.4 Å². The highest BCUT2D eigenvalue weighted by atomic mass is 32.2. The molecule has 19 nitrogen and oxygen atoms in total. The smallest absolute Gasteiger partial charge is 0.410 e. The summed E-state index contributed by atoms with van der Waals surface area (Å²) in [5.74, 6) is -0.157. The Hall–Kier alpha value is -12.8. The minimum Gasteiger partial charge on any atom is -0.445 e. The Morgan fingerprint density at radius 1 is 0.325 bits per heavy atom. The number of nitrogens with one attached hydrogen (secondary N) is 2. The second kappa shape index (κ2) is 41.8. The van der Waals surface area contributed by atoms with Crippen molar-refractivity contribution < 1.29 is 69.4 Å². The van der Waals surface area contributed by atoms with E-state index in [0.29, 0.717) is 86.9 Å². The summed E-state index contributed by atoms with van der Waals surface area (Å²) in [6.45, 7) is 7.50. The van der Waals surface area contributed by atoms with Crippen molar-refractivity contribution in [2.75, 3.05) is 58.1 Å². The lowest BCUT2D eigenvalue weighted by Gasteiger charge is -2.20. The van der Waals surface area contributed by atoms with Gasteiger partial charge in [0.05, 0.1) is 36.8 Å².